The molecule has 34 heavy (non-hydrogen) atoms. The molecule has 0 atom stereocenters. The summed E-state index contributed by atoms with van der Waals surface area (Å²) < 4.78 is 15.8. The van der Waals surface area contributed by atoms with Crippen LogP contribution in [0.15, 0.2) is 59.5 Å². The number of amides is 3. The van der Waals surface area contributed by atoms with Crippen LogP contribution in [0.2, 0.25) is 0 Å². The zero-order chi connectivity index (χ0) is 24.7. The fourth-order valence-electron chi connectivity index (χ4n) is 3.15. The van der Waals surface area contributed by atoms with Gasteiger partial charge in [-0.2, -0.15) is 0 Å². The molecule has 0 spiro atoms. The molecular formula is C24H26N4O6. The molecule has 10 nitrogen and oxygen atoms in total. The number of carbonyl (C=O) groups is 3. The smallest absolute Gasteiger partial charge is 0.313 e. The molecule has 0 aliphatic rings. The first kappa shape index (κ1) is 24.3. The lowest BCUT2D eigenvalue weighted by Crippen LogP contribution is -2.54. The Morgan fingerprint density at radius 1 is 1.00 bits per heavy atom. The number of rotatable bonds is 8. The summed E-state index contributed by atoms with van der Waals surface area (Å²) in [6.07, 6.45) is 2.84. The van der Waals surface area contributed by atoms with Crippen molar-refractivity contribution in [3.8, 4) is 22.8 Å². The van der Waals surface area contributed by atoms with E-state index in [2.05, 4.69) is 20.9 Å². The highest BCUT2D eigenvalue weighted by Gasteiger charge is 2.26. The molecule has 3 N–H and O–H groups in total. The maximum atomic E-state index is 12.5. The van der Waals surface area contributed by atoms with E-state index >= 15 is 0 Å². The molecule has 3 amide bonds. The number of benzene rings is 2. The van der Waals surface area contributed by atoms with Crippen LogP contribution in [-0.4, -0.2) is 49.0 Å². The van der Waals surface area contributed by atoms with Crippen LogP contribution in [0, 0.1) is 0 Å². The van der Waals surface area contributed by atoms with Gasteiger partial charge in [0.15, 0.2) is 12.2 Å². The number of anilines is 1. The number of hydrogen-bond acceptors (Lipinski definition) is 7. The Balaban J connectivity index is 1.59. The summed E-state index contributed by atoms with van der Waals surface area (Å²) >= 11 is 0. The van der Waals surface area contributed by atoms with Crippen LogP contribution >= 0.6 is 0 Å². The predicted octanol–water partition coefficient (Wildman–Crippen LogP) is 2.62. The van der Waals surface area contributed by atoms with Crippen LogP contribution in [0.3, 0.4) is 0 Å². The van der Waals surface area contributed by atoms with Crippen LogP contribution in [0.4, 0.5) is 5.69 Å². The average molecular weight is 466 g/mol. The third-order valence-corrected chi connectivity index (χ3v) is 4.86. The van der Waals surface area contributed by atoms with Gasteiger partial charge in [0.05, 0.1) is 37.1 Å². The summed E-state index contributed by atoms with van der Waals surface area (Å²) in [7, 11) is 2.96. The van der Waals surface area contributed by atoms with E-state index in [0.717, 1.165) is 0 Å². The van der Waals surface area contributed by atoms with E-state index in [1.165, 1.54) is 26.8 Å². The molecule has 0 saturated carbocycles. The Labute approximate surface area is 196 Å². The molecule has 0 radical (unpaired) electrons. The Bertz CT molecular complexity index is 1170. The number of nitrogens with one attached hydrogen (secondary N) is 3. The van der Waals surface area contributed by atoms with Crippen molar-refractivity contribution in [2.24, 2.45) is 0 Å². The van der Waals surface area contributed by atoms with Gasteiger partial charge >= 0.3 is 11.8 Å². The number of nitrogens with zero attached hydrogens (tertiary/aromatic N) is 1. The minimum Gasteiger partial charge on any atom is -0.496 e. The summed E-state index contributed by atoms with van der Waals surface area (Å²) in [6, 6.07) is 11.7. The molecular weight excluding hydrogens is 440 g/mol. The maximum absolute atomic E-state index is 12.5. The molecule has 0 saturated heterocycles. The second-order valence-corrected chi connectivity index (χ2v) is 7.96. The van der Waals surface area contributed by atoms with Crippen molar-refractivity contribution >= 4 is 23.4 Å². The standard InChI is InChI=1S/C24H26N4O6/c1-24(2,13-26-21(29)17-7-5-6-8-18(17)32-3)28-23(31)22(30)27-15-9-10-16(19(11-15)33-4)20-12-25-14-34-20/h5-12,14H,13H2,1-4H3,(H,26,29)(H,27,30)(H,28,31). The van der Waals surface area contributed by atoms with Crippen molar-refractivity contribution in [2.45, 2.75) is 19.4 Å². The molecule has 1 aromatic heterocycles. The van der Waals surface area contributed by atoms with Crippen molar-refractivity contribution in [1.29, 1.82) is 0 Å². The van der Waals surface area contributed by atoms with E-state index in [9.17, 15) is 14.4 Å². The molecule has 178 valence electrons. The van der Waals surface area contributed by atoms with Crippen LogP contribution in [0.25, 0.3) is 11.3 Å². The minimum absolute atomic E-state index is 0.0859. The highest BCUT2D eigenvalue weighted by Crippen LogP contribution is 2.32. The number of oxazole rings is 1. The van der Waals surface area contributed by atoms with Crippen LogP contribution < -0.4 is 25.4 Å². The third-order valence-electron chi connectivity index (χ3n) is 4.86. The van der Waals surface area contributed by atoms with Gasteiger partial charge in [0.2, 0.25) is 0 Å². The summed E-state index contributed by atoms with van der Waals surface area (Å²) in [5.74, 6) is -0.693. The molecule has 10 heteroatoms. The largest absolute Gasteiger partial charge is 0.496 e. The molecule has 2 aromatic carbocycles. The molecule has 3 rings (SSSR count). The number of carbonyl (C=O) groups excluding carboxylic acids is 3. The van der Waals surface area contributed by atoms with Crippen molar-refractivity contribution in [1.82, 2.24) is 15.6 Å². The summed E-state index contributed by atoms with van der Waals surface area (Å²) in [4.78, 5) is 41.3. The van der Waals surface area contributed by atoms with Gasteiger partial charge in [-0.1, -0.05) is 12.1 Å². The fourth-order valence-corrected chi connectivity index (χ4v) is 3.15. The molecule has 0 bridgehead atoms. The van der Waals surface area contributed by atoms with Gasteiger partial charge in [-0.15, -0.1) is 0 Å². The minimum atomic E-state index is -0.903. The zero-order valence-corrected chi connectivity index (χ0v) is 19.3. The molecule has 0 fully saturated rings. The van der Waals surface area contributed by atoms with E-state index in [1.807, 2.05) is 0 Å². The molecule has 0 aliphatic heterocycles. The predicted molar refractivity (Wildman–Crippen MR) is 125 cm³/mol. The van der Waals surface area contributed by atoms with Gasteiger partial charge < -0.3 is 29.8 Å². The molecule has 1 heterocycles. The van der Waals surface area contributed by atoms with E-state index in [4.69, 9.17) is 13.9 Å². The van der Waals surface area contributed by atoms with Crippen LogP contribution in [0.5, 0.6) is 11.5 Å². The van der Waals surface area contributed by atoms with Gasteiger partial charge in [-0.25, -0.2) is 4.98 Å². The molecule has 3 aromatic rings. The van der Waals surface area contributed by atoms with Crippen molar-refractivity contribution < 1.29 is 28.3 Å². The Kier molecular flexibility index (Phi) is 7.52. The summed E-state index contributed by atoms with van der Waals surface area (Å²) in [5.41, 5.74) is 0.476. The molecule has 0 aliphatic carbocycles. The van der Waals surface area contributed by atoms with Crippen molar-refractivity contribution in [3.63, 3.8) is 0 Å². The first-order valence-corrected chi connectivity index (χ1v) is 10.4. The third kappa shape index (κ3) is 5.91. The van der Waals surface area contributed by atoms with Crippen LogP contribution in [-0.2, 0) is 9.59 Å². The van der Waals surface area contributed by atoms with E-state index in [1.54, 1.807) is 56.3 Å². The lowest BCUT2D eigenvalue weighted by atomic mass is 10.1. The van der Waals surface area contributed by atoms with Gasteiger partial charge in [0.25, 0.3) is 5.91 Å². The monoisotopic (exact) mass is 466 g/mol. The fraction of sp³-hybridized carbons (Fsp3) is 0.250. The van der Waals surface area contributed by atoms with Crippen molar-refractivity contribution in [2.75, 3.05) is 26.1 Å². The zero-order valence-electron chi connectivity index (χ0n) is 19.3. The maximum Gasteiger partial charge on any atom is 0.313 e. The second kappa shape index (κ2) is 10.5. The van der Waals surface area contributed by atoms with Crippen LogP contribution in [0.1, 0.15) is 24.2 Å². The lowest BCUT2D eigenvalue weighted by Gasteiger charge is -2.26. The quantitative estimate of drug-likeness (QED) is 0.435. The van der Waals surface area contributed by atoms with E-state index in [0.29, 0.717) is 34.1 Å². The van der Waals surface area contributed by atoms with Gasteiger partial charge in [0.1, 0.15) is 11.5 Å². The van der Waals surface area contributed by atoms with Gasteiger partial charge in [0, 0.05) is 18.3 Å². The molecule has 0 unspecified atom stereocenters. The number of methoxy groups -OCH3 is 2. The summed E-state index contributed by atoms with van der Waals surface area (Å²) in [5, 5.41) is 7.91. The van der Waals surface area contributed by atoms with Gasteiger partial charge in [-0.3, -0.25) is 14.4 Å². The normalized spacial score (nSPS) is 10.8. The number of hydrogen-bond donors (Lipinski definition) is 3. The average Bonchev–Trinajstić information content (AvgIpc) is 3.37. The second-order valence-electron chi connectivity index (χ2n) is 7.96. The van der Waals surface area contributed by atoms with E-state index < -0.39 is 17.4 Å². The Morgan fingerprint density at radius 2 is 1.74 bits per heavy atom. The number of ether oxygens (including phenoxy) is 2. The lowest BCUT2D eigenvalue weighted by molar-refractivity contribution is -0.137. The topological polar surface area (TPSA) is 132 Å². The summed E-state index contributed by atoms with van der Waals surface area (Å²) in [6.45, 7) is 3.47. The van der Waals surface area contributed by atoms with Crippen molar-refractivity contribution in [3.05, 3.63) is 60.6 Å². The Morgan fingerprint density at radius 3 is 2.41 bits per heavy atom. The first-order valence-electron chi connectivity index (χ1n) is 10.4. The number of aromatic nitrogens is 1. The first-order chi connectivity index (χ1) is 16.2. The number of para-hydroxylation sites is 1. The Hall–Kier alpha value is -4.34. The van der Waals surface area contributed by atoms with Gasteiger partial charge in [-0.05, 0) is 38.1 Å². The van der Waals surface area contributed by atoms with E-state index in [-0.39, 0.29) is 12.5 Å². The SMILES string of the molecule is COc1ccccc1C(=O)NCC(C)(C)NC(=O)C(=O)Nc1ccc(-c2cnco2)c(OC)c1. The highest BCUT2D eigenvalue weighted by atomic mass is 16.5. The highest BCUT2D eigenvalue weighted by molar-refractivity contribution is 6.39.